The summed E-state index contributed by atoms with van der Waals surface area (Å²) >= 11 is 5.82. The molecular weight excluding hydrogens is 575 g/mol. The van der Waals surface area contributed by atoms with Crippen LogP contribution in [-0.2, 0) is 16.3 Å². The van der Waals surface area contributed by atoms with Crippen molar-refractivity contribution in [3.63, 3.8) is 0 Å². The summed E-state index contributed by atoms with van der Waals surface area (Å²) in [4.78, 5) is 0. The molecule has 3 nitrogen and oxygen atoms in total. The fourth-order valence-electron chi connectivity index (χ4n) is 2.84. The lowest BCUT2D eigenvalue weighted by atomic mass is 9.92. The molecule has 0 saturated carbocycles. The van der Waals surface area contributed by atoms with Gasteiger partial charge in [0.2, 0.25) is 9.84 Å². The van der Waals surface area contributed by atoms with Crippen molar-refractivity contribution in [2.24, 2.45) is 0 Å². The third kappa shape index (κ3) is 3.93. The fourth-order valence-corrected chi connectivity index (χ4v) is 6.81. The molecule has 0 aromatic heterocycles. The standard InChI is InChI=1S/C17H10Br2F7NO2S/c18-12-5-13(19)8-14(7-12,6-10-3-1-2-4-11(10)9-27)30(28,29)17(25,26)15(20,21)16(22,23)24/h1-4,7-8H,5-6H2. The maximum absolute atomic E-state index is 14.4. The number of alkyl halides is 7. The first-order chi connectivity index (χ1) is 13.5. The highest BCUT2D eigenvalue weighted by atomic mass is 79.9. The van der Waals surface area contributed by atoms with Crippen molar-refractivity contribution in [1.82, 2.24) is 0 Å². The number of nitriles is 1. The molecule has 0 bridgehead atoms. The Labute approximate surface area is 183 Å². The molecular formula is C17H10Br2F7NO2S. The summed E-state index contributed by atoms with van der Waals surface area (Å²) in [6.45, 7) is 0. The third-order valence-electron chi connectivity index (χ3n) is 4.30. The highest BCUT2D eigenvalue weighted by Gasteiger charge is 2.80. The van der Waals surface area contributed by atoms with Crippen LogP contribution in [0, 0.1) is 11.3 Å². The van der Waals surface area contributed by atoms with Crippen molar-refractivity contribution < 1.29 is 39.2 Å². The molecule has 164 valence electrons. The first-order valence-electron chi connectivity index (χ1n) is 7.81. The summed E-state index contributed by atoms with van der Waals surface area (Å²) in [7, 11) is -6.58. The minimum absolute atomic E-state index is 0.0407. The third-order valence-corrected chi connectivity index (χ3v) is 7.63. The van der Waals surface area contributed by atoms with Crippen molar-refractivity contribution in [1.29, 1.82) is 5.26 Å². The van der Waals surface area contributed by atoms with E-state index < -0.39 is 38.4 Å². The molecule has 13 heteroatoms. The second-order valence-corrected chi connectivity index (χ2v) is 10.7. The van der Waals surface area contributed by atoms with Crippen molar-refractivity contribution in [2.75, 3.05) is 0 Å². The van der Waals surface area contributed by atoms with Gasteiger partial charge in [-0.25, -0.2) is 8.42 Å². The Balaban J connectivity index is 2.82. The topological polar surface area (TPSA) is 57.9 Å². The van der Waals surface area contributed by atoms with E-state index in [4.69, 9.17) is 5.26 Å². The van der Waals surface area contributed by atoms with Gasteiger partial charge in [-0.05, 0) is 32.7 Å². The molecule has 1 aliphatic rings. The van der Waals surface area contributed by atoms with Crippen LogP contribution in [0.3, 0.4) is 0 Å². The maximum atomic E-state index is 14.4. The van der Waals surface area contributed by atoms with Gasteiger partial charge in [-0.2, -0.15) is 36.0 Å². The van der Waals surface area contributed by atoms with Gasteiger partial charge in [-0.1, -0.05) is 50.1 Å². The zero-order valence-electron chi connectivity index (χ0n) is 14.5. The lowest BCUT2D eigenvalue weighted by Gasteiger charge is -2.37. The Morgan fingerprint density at radius 1 is 1.00 bits per heavy atom. The number of nitrogens with zero attached hydrogens (tertiary/aromatic N) is 1. The maximum Gasteiger partial charge on any atom is 0.461 e. The van der Waals surface area contributed by atoms with E-state index in [2.05, 4.69) is 31.9 Å². The molecule has 0 saturated heterocycles. The predicted octanol–water partition coefficient (Wildman–Crippen LogP) is 6.01. The monoisotopic (exact) mass is 583 g/mol. The van der Waals surface area contributed by atoms with E-state index in [1.54, 1.807) is 6.07 Å². The second-order valence-electron chi connectivity index (χ2n) is 6.35. The number of hydrogen-bond acceptors (Lipinski definition) is 3. The number of halogens is 9. The molecule has 1 aliphatic carbocycles. The van der Waals surface area contributed by atoms with Crippen LogP contribution in [0.1, 0.15) is 17.5 Å². The Morgan fingerprint density at radius 2 is 1.50 bits per heavy atom. The van der Waals surface area contributed by atoms with Crippen LogP contribution in [-0.4, -0.2) is 30.5 Å². The predicted molar refractivity (Wildman–Crippen MR) is 101 cm³/mol. The van der Waals surface area contributed by atoms with Gasteiger partial charge in [0.25, 0.3) is 0 Å². The van der Waals surface area contributed by atoms with Gasteiger partial charge in [0.15, 0.2) is 0 Å². The van der Waals surface area contributed by atoms with Gasteiger partial charge < -0.3 is 0 Å². The summed E-state index contributed by atoms with van der Waals surface area (Å²) in [5.74, 6) is -6.86. The molecule has 0 heterocycles. The van der Waals surface area contributed by atoms with Crippen LogP contribution < -0.4 is 0 Å². The van der Waals surface area contributed by atoms with Crippen LogP contribution in [0.25, 0.3) is 0 Å². The van der Waals surface area contributed by atoms with E-state index in [-0.39, 0.29) is 26.5 Å². The van der Waals surface area contributed by atoms with E-state index in [1.807, 2.05) is 0 Å². The number of sulfone groups is 1. The molecule has 0 spiro atoms. The molecule has 0 fully saturated rings. The first kappa shape index (κ1) is 24.9. The Bertz CT molecular complexity index is 1040. The number of benzene rings is 1. The average Bonchev–Trinajstić information content (AvgIpc) is 2.59. The highest BCUT2D eigenvalue weighted by Crippen LogP contribution is 2.54. The van der Waals surface area contributed by atoms with E-state index in [0.717, 1.165) is 0 Å². The smallest absolute Gasteiger partial charge is 0.221 e. The van der Waals surface area contributed by atoms with Gasteiger partial charge in [-0.3, -0.25) is 0 Å². The first-order valence-corrected chi connectivity index (χ1v) is 10.9. The van der Waals surface area contributed by atoms with Crippen molar-refractivity contribution in [2.45, 2.75) is 34.9 Å². The zero-order valence-corrected chi connectivity index (χ0v) is 18.4. The highest BCUT2D eigenvalue weighted by molar-refractivity contribution is 9.12. The van der Waals surface area contributed by atoms with Gasteiger partial charge in [0.05, 0.1) is 11.6 Å². The van der Waals surface area contributed by atoms with Crippen molar-refractivity contribution in [3.8, 4) is 6.07 Å². The van der Waals surface area contributed by atoms with E-state index in [1.165, 1.54) is 24.3 Å². The number of allylic oxidation sites excluding steroid dienone is 2. The minimum Gasteiger partial charge on any atom is -0.221 e. The summed E-state index contributed by atoms with van der Waals surface area (Å²) in [5, 5.41) is 2.66. The van der Waals surface area contributed by atoms with Crippen LogP contribution >= 0.6 is 31.9 Å². The molecule has 0 amide bonds. The molecule has 0 aliphatic heterocycles. The van der Waals surface area contributed by atoms with Crippen LogP contribution in [0.5, 0.6) is 0 Å². The quantitative estimate of drug-likeness (QED) is 0.399. The number of rotatable bonds is 5. The SMILES string of the molecule is N#Cc1ccccc1CC1(S(=O)(=O)C(F)(F)C(F)(F)C(F)(F)F)C=C(Br)CC(Br)=C1. The zero-order chi connectivity index (χ0) is 23.2. The van der Waals surface area contributed by atoms with Gasteiger partial charge in [-0.15, -0.1) is 0 Å². The van der Waals surface area contributed by atoms with E-state index in [9.17, 15) is 39.2 Å². The van der Waals surface area contributed by atoms with Gasteiger partial charge in [0.1, 0.15) is 4.75 Å². The largest absolute Gasteiger partial charge is 0.461 e. The Kier molecular flexibility index (Phi) is 6.59. The number of hydrogen-bond donors (Lipinski definition) is 0. The normalized spacial score (nSPS) is 17.7. The molecule has 2 rings (SSSR count). The lowest BCUT2D eigenvalue weighted by Crippen LogP contribution is -2.61. The summed E-state index contributed by atoms with van der Waals surface area (Å²) in [5.41, 5.74) is -0.290. The average molecular weight is 585 g/mol. The van der Waals surface area contributed by atoms with E-state index in [0.29, 0.717) is 12.2 Å². The minimum atomic E-state index is -6.86. The Morgan fingerprint density at radius 3 is 1.97 bits per heavy atom. The second kappa shape index (κ2) is 7.94. The summed E-state index contributed by atoms with van der Waals surface area (Å²) in [6, 6.07) is 6.82. The lowest BCUT2D eigenvalue weighted by molar-refractivity contribution is -0.332. The Hall–Kier alpha value is -1.39. The van der Waals surface area contributed by atoms with Gasteiger partial charge in [0, 0.05) is 12.8 Å². The molecule has 0 unspecified atom stereocenters. The van der Waals surface area contributed by atoms with Crippen LogP contribution in [0.4, 0.5) is 30.7 Å². The van der Waals surface area contributed by atoms with Crippen LogP contribution in [0.15, 0.2) is 45.4 Å². The fraction of sp³-hybridized carbons (Fsp3) is 0.353. The van der Waals surface area contributed by atoms with E-state index >= 15 is 0 Å². The summed E-state index contributed by atoms with van der Waals surface area (Å²) in [6.07, 6.45) is -6.57. The molecule has 0 radical (unpaired) electrons. The molecule has 30 heavy (non-hydrogen) atoms. The van der Waals surface area contributed by atoms with Crippen molar-refractivity contribution in [3.05, 3.63) is 56.5 Å². The van der Waals surface area contributed by atoms with Crippen LogP contribution in [0.2, 0.25) is 0 Å². The molecule has 1 aromatic carbocycles. The molecule has 1 aromatic rings. The summed E-state index contributed by atoms with van der Waals surface area (Å²) < 4.78 is 117. The van der Waals surface area contributed by atoms with Gasteiger partial charge >= 0.3 is 17.4 Å². The van der Waals surface area contributed by atoms with Crippen molar-refractivity contribution >= 4 is 41.7 Å². The molecule has 0 N–H and O–H groups in total. The molecule has 0 atom stereocenters.